The molecule has 0 aromatic carbocycles. The summed E-state index contributed by atoms with van der Waals surface area (Å²) in [6.07, 6.45) is 0. The molecule has 0 bridgehead atoms. The first kappa shape index (κ1) is 19.2. The van der Waals surface area contributed by atoms with Gasteiger partial charge in [-0.05, 0) is 6.92 Å². The van der Waals surface area contributed by atoms with Crippen LogP contribution in [0.2, 0.25) is 0 Å². The largest absolute Gasteiger partial charge is 0.566 e. The second-order valence-corrected chi connectivity index (χ2v) is 7.12. The monoisotopic (exact) mass is 344 g/mol. The molecule has 8 nitrogen and oxygen atoms in total. The van der Waals surface area contributed by atoms with Gasteiger partial charge in [0.15, 0.2) is 0 Å². The van der Waals surface area contributed by atoms with Crippen molar-refractivity contribution in [3.8, 4) is 0 Å². The molecule has 0 spiro atoms. The average molecular weight is 344 g/mol. The molecule has 0 unspecified atom stereocenters. The Morgan fingerprint density at radius 1 is 1.00 bits per heavy atom. The van der Waals surface area contributed by atoms with E-state index in [1.807, 2.05) is 0 Å². The van der Waals surface area contributed by atoms with Gasteiger partial charge in [-0.15, -0.1) is 8.42 Å². The quantitative estimate of drug-likeness (QED) is 0.428. The Kier molecular flexibility index (Phi) is 7.00. The molecule has 0 atom stereocenters. The molecule has 0 aromatic heterocycles. The van der Waals surface area contributed by atoms with Crippen molar-refractivity contribution in [2.24, 2.45) is 0 Å². The minimum Gasteiger partial charge on any atom is -0.379 e. The Hall–Kier alpha value is -0.790. The number of hydrogen-bond donors (Lipinski definition) is 0. The molecule has 0 radical (unpaired) electrons. The van der Waals surface area contributed by atoms with Crippen molar-refractivity contribution < 1.29 is 43.1 Å². The lowest BCUT2D eigenvalue weighted by molar-refractivity contribution is -0.231. The second kappa shape index (κ2) is 7.28. The second-order valence-electron chi connectivity index (χ2n) is 3.24. The molecule has 0 fully saturated rings. The maximum Gasteiger partial charge on any atom is 0.566 e. The van der Waals surface area contributed by atoms with E-state index in [0.717, 1.165) is 0 Å². The van der Waals surface area contributed by atoms with Gasteiger partial charge in [-0.1, -0.05) is 0 Å². The smallest absolute Gasteiger partial charge is 0.379 e. The standard InChI is InChI=1S/C7H13F3NO7S2/c1-2-17-3-4-18-5-6-19(13,14)11(12)20(15,16)7(8,9)10/h2-6H2,1H3/q+1. The summed E-state index contributed by atoms with van der Waals surface area (Å²) in [6, 6.07) is 0. The first-order valence-electron chi connectivity index (χ1n) is 5.14. The van der Waals surface area contributed by atoms with E-state index in [-0.39, 0.29) is 13.2 Å². The zero-order chi connectivity index (χ0) is 16.0. The van der Waals surface area contributed by atoms with Gasteiger partial charge in [0, 0.05) is 6.61 Å². The SMILES string of the molecule is CCOCCOCCS(=O)(=O)[N+](=O)S(=O)(=O)C(F)(F)F. The van der Waals surface area contributed by atoms with E-state index in [4.69, 9.17) is 4.74 Å². The maximum atomic E-state index is 12.0. The normalized spacial score (nSPS) is 13.4. The van der Waals surface area contributed by atoms with Crippen LogP contribution >= 0.6 is 0 Å². The number of alkyl halides is 3. The van der Waals surface area contributed by atoms with Crippen molar-refractivity contribution in [3.63, 3.8) is 0 Å². The molecular weight excluding hydrogens is 331 g/mol. The fourth-order valence-corrected chi connectivity index (χ4v) is 3.16. The molecule has 120 valence electrons. The topological polar surface area (TPSA) is 107 Å². The maximum absolute atomic E-state index is 12.0. The van der Waals surface area contributed by atoms with Crippen LogP contribution in [0, 0.1) is 4.91 Å². The van der Waals surface area contributed by atoms with Gasteiger partial charge in [0.2, 0.25) is 0 Å². The van der Waals surface area contributed by atoms with E-state index in [2.05, 4.69) is 4.74 Å². The van der Waals surface area contributed by atoms with Crippen LogP contribution in [0.5, 0.6) is 0 Å². The highest BCUT2D eigenvalue weighted by atomic mass is 32.3. The summed E-state index contributed by atoms with van der Waals surface area (Å²) in [4.78, 5) is 10.8. The van der Waals surface area contributed by atoms with E-state index >= 15 is 0 Å². The predicted octanol–water partition coefficient (Wildman–Crippen LogP) is -0.00220. The number of nitrogens with zero attached hydrogens (tertiary/aromatic N) is 1. The zero-order valence-electron chi connectivity index (χ0n) is 10.3. The van der Waals surface area contributed by atoms with Crippen LogP contribution in [0.3, 0.4) is 0 Å². The van der Waals surface area contributed by atoms with Crippen LogP contribution in [-0.2, 0) is 29.5 Å². The van der Waals surface area contributed by atoms with E-state index < -0.39 is 41.5 Å². The highest BCUT2D eigenvalue weighted by molar-refractivity contribution is 7.97. The summed E-state index contributed by atoms with van der Waals surface area (Å²) < 4.78 is 87.1. The molecule has 0 saturated carbocycles. The van der Waals surface area contributed by atoms with Gasteiger partial charge in [0.1, 0.15) is 5.75 Å². The zero-order valence-corrected chi connectivity index (χ0v) is 11.9. The Bertz CT molecular complexity index is 525. The summed E-state index contributed by atoms with van der Waals surface area (Å²) in [5.41, 5.74) is -5.99. The summed E-state index contributed by atoms with van der Waals surface area (Å²) in [5.74, 6) is -1.20. The lowest BCUT2D eigenvalue weighted by Crippen LogP contribution is -2.38. The predicted molar refractivity (Wildman–Crippen MR) is 59.7 cm³/mol. The Morgan fingerprint density at radius 3 is 1.95 bits per heavy atom. The Balaban J connectivity index is 4.57. The van der Waals surface area contributed by atoms with Gasteiger partial charge in [0.05, 0.1) is 24.7 Å². The molecular formula is C7H13F3NO7S2+. The minimum atomic E-state index is -6.48. The van der Waals surface area contributed by atoms with Gasteiger partial charge in [-0.25, -0.2) is 0 Å². The number of nitroso groups, excluding NO2 is 1. The fourth-order valence-electron chi connectivity index (χ4n) is 0.837. The van der Waals surface area contributed by atoms with Gasteiger partial charge in [0.25, 0.3) is 3.57 Å². The van der Waals surface area contributed by atoms with Gasteiger partial charge in [-0.2, -0.15) is 21.6 Å². The lowest BCUT2D eigenvalue weighted by atomic mass is 10.7. The van der Waals surface area contributed by atoms with Crippen molar-refractivity contribution in [3.05, 3.63) is 4.91 Å². The molecule has 0 N–H and O–H groups in total. The van der Waals surface area contributed by atoms with Gasteiger partial charge >= 0.3 is 25.6 Å². The Labute approximate surface area is 113 Å². The van der Waals surface area contributed by atoms with Crippen molar-refractivity contribution in [1.29, 1.82) is 0 Å². The van der Waals surface area contributed by atoms with Crippen LogP contribution in [0.1, 0.15) is 6.92 Å². The van der Waals surface area contributed by atoms with Crippen LogP contribution in [-0.4, -0.2) is 58.1 Å². The van der Waals surface area contributed by atoms with Crippen molar-refractivity contribution in [1.82, 2.24) is 0 Å². The average Bonchev–Trinajstić information content (AvgIpc) is 2.31. The van der Waals surface area contributed by atoms with Crippen LogP contribution in [0.25, 0.3) is 0 Å². The highest BCUT2D eigenvalue weighted by Gasteiger charge is 2.63. The lowest BCUT2D eigenvalue weighted by Gasteiger charge is -2.03. The van der Waals surface area contributed by atoms with Gasteiger partial charge in [-0.3, -0.25) is 0 Å². The molecule has 0 aliphatic rings. The first-order valence-corrected chi connectivity index (χ1v) is 8.19. The molecule has 0 heterocycles. The summed E-state index contributed by atoms with van der Waals surface area (Å²) in [5, 5.41) is 0. The van der Waals surface area contributed by atoms with E-state index in [1.165, 1.54) is 0 Å². The van der Waals surface area contributed by atoms with Crippen molar-refractivity contribution >= 4 is 20.0 Å². The molecule has 0 aliphatic carbocycles. The number of rotatable bonds is 9. The van der Waals surface area contributed by atoms with Crippen molar-refractivity contribution in [2.75, 3.05) is 32.2 Å². The third-order valence-corrected chi connectivity index (χ3v) is 5.16. The van der Waals surface area contributed by atoms with E-state index in [0.29, 0.717) is 6.61 Å². The molecule has 0 rings (SSSR count). The molecule has 0 amide bonds. The summed E-state index contributed by atoms with van der Waals surface area (Å²) in [7, 11) is -11.7. The van der Waals surface area contributed by atoms with Gasteiger partial charge < -0.3 is 9.47 Å². The molecule has 20 heavy (non-hydrogen) atoms. The molecule has 0 saturated heterocycles. The first-order chi connectivity index (χ1) is 8.97. The van der Waals surface area contributed by atoms with Crippen LogP contribution in [0.15, 0.2) is 0 Å². The fraction of sp³-hybridized carbons (Fsp3) is 1.00. The number of halogens is 3. The highest BCUT2D eigenvalue weighted by Crippen LogP contribution is 2.25. The number of hydrogen-bond acceptors (Lipinski definition) is 7. The van der Waals surface area contributed by atoms with E-state index in [1.54, 1.807) is 6.92 Å². The van der Waals surface area contributed by atoms with Crippen LogP contribution in [0.4, 0.5) is 13.2 Å². The minimum absolute atomic E-state index is 0.0474. The third-order valence-electron chi connectivity index (χ3n) is 1.78. The van der Waals surface area contributed by atoms with Crippen LogP contribution < -0.4 is 0 Å². The number of sulfonamides is 2. The van der Waals surface area contributed by atoms with E-state index in [9.17, 15) is 34.9 Å². The Morgan fingerprint density at radius 2 is 1.50 bits per heavy atom. The third kappa shape index (κ3) is 5.30. The number of ether oxygens (including phenoxy) is 2. The molecule has 0 aromatic rings. The van der Waals surface area contributed by atoms with Crippen molar-refractivity contribution in [2.45, 2.75) is 12.4 Å². The summed E-state index contributed by atoms with van der Waals surface area (Å²) >= 11 is 0. The molecule has 13 heteroatoms. The summed E-state index contributed by atoms with van der Waals surface area (Å²) in [6.45, 7) is 1.52. The molecule has 0 aliphatic heterocycles.